The Balaban J connectivity index is 1.74. The topological polar surface area (TPSA) is 65.8 Å². The number of pyridine rings is 1. The molecule has 1 aromatic heterocycles. The van der Waals surface area contributed by atoms with Crippen LogP contribution in [0.25, 0.3) is 22.2 Å². The zero-order chi connectivity index (χ0) is 21.0. The largest absolute Gasteiger partial charge is 0.396 e. The van der Waals surface area contributed by atoms with Gasteiger partial charge in [-0.25, -0.2) is 4.98 Å². The number of aliphatic hydroxyl groups excluding tert-OH is 2. The zero-order valence-corrected chi connectivity index (χ0v) is 17.5. The number of hydrogen-bond donors (Lipinski definition) is 2. The Bertz CT molecular complexity index is 979. The van der Waals surface area contributed by atoms with Gasteiger partial charge in [0.2, 0.25) is 0 Å². The van der Waals surface area contributed by atoms with E-state index >= 15 is 0 Å². The summed E-state index contributed by atoms with van der Waals surface area (Å²) in [7, 11) is 1.68. The van der Waals surface area contributed by atoms with Gasteiger partial charge in [0.1, 0.15) is 0 Å². The molecule has 0 aliphatic carbocycles. The Morgan fingerprint density at radius 1 is 1.13 bits per heavy atom. The maximum Gasteiger partial charge on any atom is 0.0730 e. The molecule has 0 spiro atoms. The molecule has 2 N–H and O–H groups in total. The van der Waals surface area contributed by atoms with Crippen molar-refractivity contribution in [2.75, 3.05) is 38.3 Å². The first-order chi connectivity index (χ1) is 14.7. The molecular weight excluding hydrogens is 376 g/mol. The molecule has 1 fully saturated rings. The Kier molecular flexibility index (Phi) is 6.32. The maximum absolute atomic E-state index is 10.8. The number of fused-ring (bicyclic) bond motifs is 1. The summed E-state index contributed by atoms with van der Waals surface area (Å²) in [5.41, 5.74) is 3.53. The molecule has 2 atom stereocenters. The van der Waals surface area contributed by atoms with Crippen LogP contribution in [0.2, 0.25) is 0 Å². The molecule has 1 saturated heterocycles. The van der Waals surface area contributed by atoms with Gasteiger partial charge in [-0.3, -0.25) is 0 Å². The minimum absolute atomic E-state index is 0.0388. The van der Waals surface area contributed by atoms with Crippen LogP contribution in [0.3, 0.4) is 0 Å². The third-order valence-corrected chi connectivity index (χ3v) is 6.33. The van der Waals surface area contributed by atoms with E-state index in [0.29, 0.717) is 19.6 Å². The summed E-state index contributed by atoms with van der Waals surface area (Å²) in [6.07, 6.45) is 1.65. The van der Waals surface area contributed by atoms with Crippen LogP contribution in [0.1, 0.15) is 19.3 Å². The van der Waals surface area contributed by atoms with Crippen LogP contribution < -0.4 is 4.90 Å². The zero-order valence-electron chi connectivity index (χ0n) is 17.5. The standard InChI is InChI=1S/C25H30N2O3/c1-30-15-7-13-25(18-28)17-27(14-12-24(25)29)23-16-22(19-8-3-2-4-9-19)26-21-11-6-5-10-20(21)23/h2-6,8-11,16,24,28-29H,7,12-15,17-18H2,1H3/t24-,25+/m1/s1. The molecule has 0 amide bonds. The second-order valence-electron chi connectivity index (χ2n) is 8.25. The maximum atomic E-state index is 10.8. The van der Waals surface area contributed by atoms with Gasteiger partial charge in [-0.05, 0) is 31.4 Å². The van der Waals surface area contributed by atoms with E-state index in [9.17, 15) is 10.2 Å². The van der Waals surface area contributed by atoms with Gasteiger partial charge in [0.05, 0.1) is 23.9 Å². The number of anilines is 1. The molecule has 2 aromatic carbocycles. The first-order valence-corrected chi connectivity index (χ1v) is 10.6. The van der Waals surface area contributed by atoms with E-state index in [1.807, 2.05) is 36.4 Å². The Morgan fingerprint density at radius 3 is 2.67 bits per heavy atom. The van der Waals surface area contributed by atoms with Crippen LogP contribution in [0.4, 0.5) is 5.69 Å². The van der Waals surface area contributed by atoms with Crippen molar-refractivity contribution in [3.8, 4) is 11.3 Å². The van der Waals surface area contributed by atoms with E-state index < -0.39 is 11.5 Å². The molecule has 2 heterocycles. The summed E-state index contributed by atoms with van der Waals surface area (Å²) in [6, 6.07) is 20.5. The molecule has 0 saturated carbocycles. The van der Waals surface area contributed by atoms with E-state index in [1.165, 1.54) is 0 Å². The SMILES string of the molecule is COCCC[C@@]1(CO)CN(c2cc(-c3ccccc3)nc3ccccc23)CC[C@H]1O. The molecule has 1 aliphatic heterocycles. The van der Waals surface area contributed by atoms with Gasteiger partial charge < -0.3 is 19.8 Å². The molecule has 0 unspecified atom stereocenters. The fraction of sp³-hybridized carbons (Fsp3) is 0.400. The lowest BCUT2D eigenvalue weighted by Gasteiger charge is -2.46. The lowest BCUT2D eigenvalue weighted by Crippen LogP contribution is -2.54. The highest BCUT2D eigenvalue weighted by Gasteiger charge is 2.42. The van der Waals surface area contributed by atoms with Crippen molar-refractivity contribution >= 4 is 16.6 Å². The van der Waals surface area contributed by atoms with Crippen molar-refractivity contribution in [2.45, 2.75) is 25.4 Å². The Morgan fingerprint density at radius 2 is 1.90 bits per heavy atom. The third-order valence-electron chi connectivity index (χ3n) is 6.33. The number of hydrogen-bond acceptors (Lipinski definition) is 5. The highest BCUT2D eigenvalue weighted by molar-refractivity contribution is 5.94. The van der Waals surface area contributed by atoms with Crippen molar-refractivity contribution in [1.29, 1.82) is 0 Å². The summed E-state index contributed by atoms with van der Waals surface area (Å²) in [6.45, 7) is 1.94. The normalized spacial score (nSPS) is 21.8. The van der Waals surface area contributed by atoms with Crippen molar-refractivity contribution in [3.63, 3.8) is 0 Å². The van der Waals surface area contributed by atoms with Crippen LogP contribution in [-0.4, -0.2) is 54.7 Å². The monoisotopic (exact) mass is 406 g/mol. The van der Waals surface area contributed by atoms with Crippen LogP contribution in [-0.2, 0) is 4.74 Å². The Hall–Kier alpha value is -2.47. The van der Waals surface area contributed by atoms with Crippen molar-refractivity contribution < 1.29 is 14.9 Å². The van der Waals surface area contributed by atoms with Gasteiger partial charge in [0.25, 0.3) is 0 Å². The van der Waals surface area contributed by atoms with Crippen LogP contribution in [0.15, 0.2) is 60.7 Å². The van der Waals surface area contributed by atoms with Crippen LogP contribution in [0.5, 0.6) is 0 Å². The molecule has 1 aliphatic rings. The fourth-order valence-electron chi connectivity index (χ4n) is 4.58. The van der Waals surface area contributed by atoms with Gasteiger partial charge >= 0.3 is 0 Å². The lowest BCUT2D eigenvalue weighted by molar-refractivity contribution is -0.0386. The van der Waals surface area contributed by atoms with Crippen molar-refractivity contribution in [3.05, 3.63) is 60.7 Å². The molecule has 3 aromatic rings. The summed E-state index contributed by atoms with van der Waals surface area (Å²) < 4.78 is 5.21. The summed E-state index contributed by atoms with van der Waals surface area (Å²) in [4.78, 5) is 7.20. The molecule has 4 rings (SSSR count). The van der Waals surface area contributed by atoms with Crippen LogP contribution >= 0.6 is 0 Å². The number of piperidine rings is 1. The predicted octanol–water partition coefficient (Wildman–Crippen LogP) is 3.88. The first kappa shape index (κ1) is 20.8. The highest BCUT2D eigenvalue weighted by Crippen LogP contribution is 2.39. The average Bonchev–Trinajstić information content (AvgIpc) is 2.80. The van der Waals surface area contributed by atoms with Gasteiger partial charge in [-0.15, -0.1) is 0 Å². The van der Waals surface area contributed by atoms with Gasteiger partial charge in [-0.2, -0.15) is 0 Å². The second kappa shape index (κ2) is 9.13. The van der Waals surface area contributed by atoms with Crippen LogP contribution in [0, 0.1) is 5.41 Å². The lowest BCUT2D eigenvalue weighted by atomic mass is 9.74. The minimum atomic E-state index is -0.548. The summed E-state index contributed by atoms with van der Waals surface area (Å²) >= 11 is 0. The number of methoxy groups -OCH3 is 1. The molecular formula is C25H30N2O3. The number of aromatic nitrogens is 1. The number of nitrogens with zero attached hydrogens (tertiary/aromatic N) is 2. The Labute approximate surface area is 177 Å². The average molecular weight is 407 g/mol. The number of aliphatic hydroxyl groups is 2. The molecule has 0 radical (unpaired) electrons. The molecule has 158 valence electrons. The van der Waals surface area contributed by atoms with Crippen molar-refractivity contribution in [1.82, 2.24) is 4.98 Å². The number of benzene rings is 2. The molecule has 0 bridgehead atoms. The number of rotatable bonds is 7. The second-order valence-corrected chi connectivity index (χ2v) is 8.25. The van der Waals surface area contributed by atoms with Gasteiger partial charge in [0, 0.05) is 48.9 Å². The summed E-state index contributed by atoms with van der Waals surface area (Å²) in [5.74, 6) is 0. The van der Waals surface area contributed by atoms with Crippen molar-refractivity contribution in [2.24, 2.45) is 5.41 Å². The van der Waals surface area contributed by atoms with E-state index in [4.69, 9.17) is 9.72 Å². The number of ether oxygens (including phenoxy) is 1. The quantitative estimate of drug-likeness (QED) is 0.583. The first-order valence-electron chi connectivity index (χ1n) is 10.6. The smallest absolute Gasteiger partial charge is 0.0730 e. The predicted molar refractivity (Wildman–Crippen MR) is 121 cm³/mol. The molecule has 30 heavy (non-hydrogen) atoms. The molecule has 5 heteroatoms. The number of para-hydroxylation sites is 1. The van der Waals surface area contributed by atoms with E-state index in [1.54, 1.807) is 7.11 Å². The third kappa shape index (κ3) is 4.06. The van der Waals surface area contributed by atoms with E-state index in [2.05, 4.69) is 29.2 Å². The fourth-order valence-corrected chi connectivity index (χ4v) is 4.58. The van der Waals surface area contributed by atoms with Gasteiger partial charge in [-0.1, -0.05) is 48.5 Å². The van der Waals surface area contributed by atoms with Gasteiger partial charge in [0.15, 0.2) is 0 Å². The summed E-state index contributed by atoms with van der Waals surface area (Å²) in [5, 5.41) is 22.2. The molecule has 5 nitrogen and oxygen atoms in total. The van der Waals surface area contributed by atoms with E-state index in [-0.39, 0.29) is 6.61 Å². The highest BCUT2D eigenvalue weighted by atomic mass is 16.5. The minimum Gasteiger partial charge on any atom is -0.396 e. The van der Waals surface area contributed by atoms with E-state index in [0.717, 1.165) is 47.2 Å².